The maximum absolute atomic E-state index is 13.5. The van der Waals surface area contributed by atoms with Crippen LogP contribution in [0, 0.1) is 17.8 Å². The number of hydrogen-bond acceptors (Lipinski definition) is 5. The lowest BCUT2D eigenvalue weighted by Gasteiger charge is -2.28. The first-order valence-electron chi connectivity index (χ1n) is 13.4. The number of aromatic amines is 1. The van der Waals surface area contributed by atoms with Crippen LogP contribution in [-0.2, 0) is 19.2 Å². The number of aromatic nitrogens is 1. The van der Waals surface area contributed by atoms with Crippen molar-refractivity contribution in [2.45, 2.75) is 78.3 Å². The first-order chi connectivity index (χ1) is 17.8. The molecule has 1 fully saturated rings. The lowest BCUT2D eigenvalue weighted by Crippen LogP contribution is -2.54. The number of ketones is 2. The van der Waals surface area contributed by atoms with Crippen molar-refractivity contribution in [1.29, 1.82) is 0 Å². The van der Waals surface area contributed by atoms with Crippen molar-refractivity contribution >= 4 is 40.2 Å². The van der Waals surface area contributed by atoms with Gasteiger partial charge in [0.2, 0.25) is 17.6 Å². The average molecular weight is 525 g/mol. The average Bonchev–Trinajstić information content (AvgIpc) is 3.27. The van der Waals surface area contributed by atoms with E-state index in [9.17, 15) is 24.0 Å². The summed E-state index contributed by atoms with van der Waals surface area (Å²) in [6, 6.07) is 8.15. The molecule has 0 bridgehead atoms. The number of hydrogen-bond donors (Lipinski definition) is 4. The summed E-state index contributed by atoms with van der Waals surface area (Å²) in [5.74, 6) is -3.54. The molecule has 3 rings (SSSR count). The third-order valence-electron chi connectivity index (χ3n) is 6.65. The predicted molar refractivity (Wildman–Crippen MR) is 145 cm³/mol. The van der Waals surface area contributed by atoms with E-state index in [0.29, 0.717) is 25.1 Å². The molecule has 1 saturated heterocycles. The minimum absolute atomic E-state index is 0.0261. The second-order valence-electron chi connectivity index (χ2n) is 11.7. The van der Waals surface area contributed by atoms with Crippen molar-refractivity contribution < 1.29 is 24.0 Å². The topological polar surface area (TPSA) is 137 Å². The van der Waals surface area contributed by atoms with Gasteiger partial charge in [-0.05, 0) is 64.5 Å². The molecule has 2 aromatic rings. The van der Waals surface area contributed by atoms with Gasteiger partial charge in [-0.3, -0.25) is 24.0 Å². The third kappa shape index (κ3) is 8.00. The summed E-state index contributed by atoms with van der Waals surface area (Å²) in [4.78, 5) is 68.1. The highest BCUT2D eigenvalue weighted by molar-refractivity contribution is 6.38. The van der Waals surface area contributed by atoms with Crippen molar-refractivity contribution in [2.24, 2.45) is 17.8 Å². The number of H-pyrrole nitrogens is 1. The molecule has 206 valence electrons. The molecule has 1 aliphatic heterocycles. The van der Waals surface area contributed by atoms with Gasteiger partial charge in [-0.2, -0.15) is 0 Å². The van der Waals surface area contributed by atoms with E-state index in [1.165, 1.54) is 0 Å². The molecule has 3 atom stereocenters. The van der Waals surface area contributed by atoms with Gasteiger partial charge in [-0.1, -0.05) is 32.0 Å². The Balaban J connectivity index is 1.79. The van der Waals surface area contributed by atoms with Crippen LogP contribution < -0.4 is 16.0 Å². The highest BCUT2D eigenvalue weighted by Crippen LogP contribution is 2.23. The lowest BCUT2D eigenvalue weighted by atomic mass is 9.87. The van der Waals surface area contributed by atoms with Crippen LogP contribution in [0.2, 0.25) is 0 Å². The first kappa shape index (κ1) is 29.1. The number of rotatable bonds is 11. The number of Topliss-reactive ketones (excluding diaryl/α,β-unsaturated/α-hetero) is 2. The van der Waals surface area contributed by atoms with E-state index in [2.05, 4.69) is 20.9 Å². The Morgan fingerprint density at radius 1 is 1.11 bits per heavy atom. The molecule has 3 amide bonds. The fourth-order valence-corrected chi connectivity index (χ4v) is 4.84. The second kappa shape index (κ2) is 12.4. The zero-order valence-corrected chi connectivity index (χ0v) is 23.0. The number of piperidine rings is 1. The second-order valence-corrected chi connectivity index (χ2v) is 11.7. The number of carbonyl (C=O) groups excluding carboxylic acids is 5. The summed E-state index contributed by atoms with van der Waals surface area (Å²) in [6.45, 7) is 9.76. The number of para-hydroxylation sites is 1. The Hall–Kier alpha value is -3.49. The van der Waals surface area contributed by atoms with E-state index in [1.54, 1.807) is 26.8 Å². The van der Waals surface area contributed by atoms with Crippen molar-refractivity contribution in [3.05, 3.63) is 36.0 Å². The van der Waals surface area contributed by atoms with Crippen LogP contribution in [0.15, 0.2) is 30.3 Å². The zero-order valence-electron chi connectivity index (χ0n) is 23.0. The van der Waals surface area contributed by atoms with Gasteiger partial charge in [-0.25, -0.2) is 0 Å². The lowest BCUT2D eigenvalue weighted by molar-refractivity contribution is -0.142. The molecule has 4 N–H and O–H groups in total. The number of amides is 3. The van der Waals surface area contributed by atoms with E-state index in [0.717, 1.165) is 17.3 Å². The van der Waals surface area contributed by atoms with Crippen LogP contribution in [0.4, 0.5) is 0 Å². The molecular weight excluding hydrogens is 484 g/mol. The van der Waals surface area contributed by atoms with Gasteiger partial charge in [0.15, 0.2) is 5.78 Å². The van der Waals surface area contributed by atoms with E-state index in [-0.39, 0.29) is 30.4 Å². The summed E-state index contributed by atoms with van der Waals surface area (Å²) in [7, 11) is 0. The van der Waals surface area contributed by atoms with Gasteiger partial charge in [-0.15, -0.1) is 0 Å². The zero-order chi connectivity index (χ0) is 28.0. The highest BCUT2D eigenvalue weighted by Gasteiger charge is 2.36. The summed E-state index contributed by atoms with van der Waals surface area (Å²) >= 11 is 0. The van der Waals surface area contributed by atoms with Crippen LogP contribution in [0.1, 0.15) is 77.2 Å². The molecule has 0 unspecified atom stereocenters. The normalized spacial score (nSPS) is 17.5. The van der Waals surface area contributed by atoms with Gasteiger partial charge in [0.25, 0.3) is 5.91 Å². The van der Waals surface area contributed by atoms with Crippen molar-refractivity contribution in [2.75, 3.05) is 6.54 Å². The van der Waals surface area contributed by atoms with Gasteiger partial charge in [0.1, 0.15) is 0 Å². The predicted octanol–water partition coefficient (Wildman–Crippen LogP) is 3.29. The molecule has 0 saturated carbocycles. The number of benzene rings is 1. The Morgan fingerprint density at radius 2 is 1.82 bits per heavy atom. The van der Waals surface area contributed by atoms with Crippen LogP contribution in [0.25, 0.3) is 10.9 Å². The molecule has 0 spiro atoms. The summed E-state index contributed by atoms with van der Waals surface area (Å²) < 4.78 is 0. The molecule has 38 heavy (non-hydrogen) atoms. The van der Waals surface area contributed by atoms with Crippen LogP contribution in [-0.4, -0.2) is 52.4 Å². The monoisotopic (exact) mass is 524 g/mol. The van der Waals surface area contributed by atoms with E-state index in [4.69, 9.17) is 0 Å². The van der Waals surface area contributed by atoms with Gasteiger partial charge < -0.3 is 20.9 Å². The first-order valence-corrected chi connectivity index (χ1v) is 13.4. The maximum Gasteiger partial charge on any atom is 0.290 e. The smallest absolute Gasteiger partial charge is 0.290 e. The van der Waals surface area contributed by atoms with Crippen LogP contribution in [0.5, 0.6) is 0 Å². The summed E-state index contributed by atoms with van der Waals surface area (Å²) in [5, 5.41) is 9.09. The fourth-order valence-electron chi connectivity index (χ4n) is 4.84. The summed E-state index contributed by atoms with van der Waals surface area (Å²) in [6.07, 6.45) is 1.74. The van der Waals surface area contributed by atoms with Crippen molar-refractivity contribution in [3.63, 3.8) is 0 Å². The van der Waals surface area contributed by atoms with Gasteiger partial charge in [0.05, 0.1) is 11.7 Å². The largest absolute Gasteiger partial charge is 0.356 e. The molecule has 1 aliphatic rings. The maximum atomic E-state index is 13.5. The molecule has 1 aromatic carbocycles. The van der Waals surface area contributed by atoms with E-state index in [1.807, 2.05) is 38.1 Å². The quantitative estimate of drug-likeness (QED) is 0.264. The molecule has 2 heterocycles. The van der Waals surface area contributed by atoms with Gasteiger partial charge >= 0.3 is 0 Å². The Morgan fingerprint density at radius 3 is 2.45 bits per heavy atom. The van der Waals surface area contributed by atoms with Crippen LogP contribution >= 0.6 is 0 Å². The minimum Gasteiger partial charge on any atom is -0.356 e. The third-order valence-corrected chi connectivity index (χ3v) is 6.65. The Bertz CT molecular complexity index is 1160. The molecule has 9 heteroatoms. The Labute approximate surface area is 223 Å². The number of carbonyl (C=O) groups is 5. The van der Waals surface area contributed by atoms with Crippen molar-refractivity contribution in [3.8, 4) is 0 Å². The Kier molecular flexibility index (Phi) is 9.46. The summed E-state index contributed by atoms with van der Waals surface area (Å²) in [5.41, 5.74) is 0.612. The molecule has 0 aliphatic carbocycles. The molecular formula is C29H40N4O5. The number of fused-ring (bicyclic) bond motifs is 1. The van der Waals surface area contributed by atoms with Crippen molar-refractivity contribution in [1.82, 2.24) is 20.9 Å². The SMILES string of the molecule is CC(C)C[C@H](CC(=O)c1cc2ccccc2[nH]1)C(=O)N[C@@H](C[C@@H]1CCCNC1=O)C(=O)C(=O)NC(C)(C)C. The molecule has 1 aromatic heterocycles. The number of nitrogens with one attached hydrogen (secondary N) is 4. The fraction of sp³-hybridized carbons (Fsp3) is 0.552. The van der Waals surface area contributed by atoms with Gasteiger partial charge in [0, 0.05) is 41.2 Å². The highest BCUT2D eigenvalue weighted by atomic mass is 16.2. The standard InChI is InChI=1S/C29H40N4O5/c1-17(2)13-20(16-24(34)22-14-18-9-6-7-11-21(18)31-22)27(37)32-23(15-19-10-8-12-30-26(19)36)25(35)28(38)33-29(3,4)5/h6-7,9,11,14,17,19-20,23,31H,8,10,12-13,15-16H2,1-5H3,(H,30,36)(H,32,37)(H,33,38)/t19-,20+,23-/m0/s1. The van der Waals surface area contributed by atoms with Crippen LogP contribution in [0.3, 0.4) is 0 Å². The van der Waals surface area contributed by atoms with E-state index >= 15 is 0 Å². The van der Waals surface area contributed by atoms with E-state index < -0.39 is 41.0 Å². The minimum atomic E-state index is -1.17. The molecule has 0 radical (unpaired) electrons. The molecule has 9 nitrogen and oxygen atoms in total.